The van der Waals surface area contributed by atoms with Crippen molar-refractivity contribution in [2.75, 3.05) is 0 Å². The van der Waals surface area contributed by atoms with Crippen LogP contribution in [0.4, 0.5) is 0 Å². The van der Waals surface area contributed by atoms with Gasteiger partial charge in [0.25, 0.3) is 0 Å². The minimum Gasteiger partial charge on any atom is -0.375 e. The molecule has 24 heavy (non-hydrogen) atoms. The first-order valence-corrected chi connectivity index (χ1v) is 9.33. The summed E-state index contributed by atoms with van der Waals surface area (Å²) in [6.45, 7) is 0.926. The van der Waals surface area contributed by atoms with E-state index in [-0.39, 0.29) is 0 Å². The van der Waals surface area contributed by atoms with E-state index in [0.717, 1.165) is 18.0 Å². The zero-order chi connectivity index (χ0) is 16.6. The van der Waals surface area contributed by atoms with Gasteiger partial charge in [-0.1, -0.05) is 85.7 Å². The smallest absolute Gasteiger partial charge is 0.0800 e. The highest BCUT2D eigenvalue weighted by atomic mass is 32.1. The quantitative estimate of drug-likeness (QED) is 0.770. The van der Waals surface area contributed by atoms with Gasteiger partial charge >= 0.3 is 0 Å². The molecule has 1 fully saturated rings. The largest absolute Gasteiger partial charge is 0.375 e. The Labute approximate surface area is 150 Å². The molecule has 1 aliphatic carbocycles. The molecule has 3 rings (SSSR count). The average molecular weight is 339 g/mol. The molecule has 1 saturated carbocycles. The molecule has 1 aliphatic rings. The van der Waals surface area contributed by atoms with E-state index in [9.17, 15) is 0 Å². The molecule has 0 aromatic heterocycles. The number of rotatable bonds is 6. The predicted molar refractivity (Wildman–Crippen MR) is 105 cm³/mol. The topological polar surface area (TPSA) is 24.1 Å². The maximum absolute atomic E-state index is 5.61. The second-order valence-electron chi connectivity index (χ2n) is 6.59. The molecule has 0 bridgehead atoms. The van der Waals surface area contributed by atoms with Crippen LogP contribution in [0.25, 0.3) is 0 Å². The summed E-state index contributed by atoms with van der Waals surface area (Å²) >= 11 is 5.61. The first kappa shape index (κ1) is 17.1. The fraction of sp³-hybridized carbons (Fsp3) is 0.381. The number of nitrogens with one attached hydrogen (secondary N) is 2. The Morgan fingerprint density at radius 1 is 0.833 bits per heavy atom. The molecule has 2 N–H and O–H groups in total. The highest BCUT2D eigenvalue weighted by Crippen LogP contribution is 2.19. The highest BCUT2D eigenvalue weighted by molar-refractivity contribution is 7.80. The number of hydrogen-bond donors (Lipinski definition) is 2. The third-order valence-electron chi connectivity index (χ3n) is 4.73. The van der Waals surface area contributed by atoms with Crippen molar-refractivity contribution in [3.05, 3.63) is 71.8 Å². The lowest BCUT2D eigenvalue weighted by atomic mass is 9.90. The molecule has 2 aromatic rings. The van der Waals surface area contributed by atoms with Gasteiger partial charge in [0, 0.05) is 25.0 Å². The zero-order valence-corrected chi connectivity index (χ0v) is 14.9. The van der Waals surface area contributed by atoms with Crippen LogP contribution in [0.15, 0.2) is 60.7 Å². The van der Waals surface area contributed by atoms with Crippen molar-refractivity contribution in [1.29, 1.82) is 0 Å². The van der Waals surface area contributed by atoms with Crippen LogP contribution in [-0.4, -0.2) is 17.1 Å². The van der Waals surface area contributed by atoms with Crippen molar-refractivity contribution in [3.63, 3.8) is 0 Å². The zero-order valence-electron chi connectivity index (χ0n) is 14.1. The standard InChI is InChI=1S/C21H26N2S/c24-21(15-17-9-3-1-4-10-17)23-20-14-8-7-13-19(20)22-16-18-11-5-2-6-12-18/h1-6,9-12,19-20,22H,7-8,13-16H2,(H,23,24)/t19-,20-/m1/s1. The van der Waals surface area contributed by atoms with Crippen LogP contribution in [0.1, 0.15) is 36.8 Å². The van der Waals surface area contributed by atoms with E-state index in [4.69, 9.17) is 12.2 Å². The molecule has 0 aliphatic heterocycles. The lowest BCUT2D eigenvalue weighted by Crippen LogP contribution is -2.51. The van der Waals surface area contributed by atoms with Crippen molar-refractivity contribution < 1.29 is 0 Å². The third-order valence-corrected chi connectivity index (χ3v) is 4.99. The normalized spacial score (nSPS) is 20.5. The molecule has 0 amide bonds. The molecule has 0 radical (unpaired) electrons. The molecule has 2 aromatic carbocycles. The molecule has 0 unspecified atom stereocenters. The fourth-order valence-corrected chi connectivity index (χ4v) is 3.75. The van der Waals surface area contributed by atoms with Gasteiger partial charge in [-0.3, -0.25) is 0 Å². The Morgan fingerprint density at radius 3 is 2.08 bits per heavy atom. The molecular weight excluding hydrogens is 312 g/mol. The Hall–Kier alpha value is -1.71. The van der Waals surface area contributed by atoms with E-state index < -0.39 is 0 Å². The summed E-state index contributed by atoms with van der Waals surface area (Å²) in [5.41, 5.74) is 2.62. The molecule has 0 spiro atoms. The first-order valence-electron chi connectivity index (χ1n) is 8.92. The molecule has 0 saturated heterocycles. The molecule has 126 valence electrons. The first-order chi connectivity index (χ1) is 11.8. The van der Waals surface area contributed by atoms with Crippen LogP contribution in [0.3, 0.4) is 0 Å². The fourth-order valence-electron chi connectivity index (χ4n) is 3.43. The summed E-state index contributed by atoms with van der Waals surface area (Å²) in [5.74, 6) is 0. The van der Waals surface area contributed by atoms with Crippen molar-refractivity contribution in [2.24, 2.45) is 0 Å². The minimum atomic E-state index is 0.443. The van der Waals surface area contributed by atoms with Crippen LogP contribution in [0.5, 0.6) is 0 Å². The Morgan fingerprint density at radius 2 is 1.42 bits per heavy atom. The van der Waals surface area contributed by atoms with Crippen LogP contribution in [0.2, 0.25) is 0 Å². The van der Waals surface area contributed by atoms with E-state index in [1.165, 1.54) is 36.8 Å². The monoisotopic (exact) mass is 338 g/mol. The maximum atomic E-state index is 5.61. The van der Waals surface area contributed by atoms with E-state index in [0.29, 0.717) is 12.1 Å². The highest BCUT2D eigenvalue weighted by Gasteiger charge is 2.25. The Kier molecular flexibility index (Phi) is 6.39. The SMILES string of the molecule is S=C(Cc1ccccc1)N[C@@H]1CCCC[C@H]1NCc1ccccc1. The van der Waals surface area contributed by atoms with Gasteiger partial charge in [0.15, 0.2) is 0 Å². The second kappa shape index (κ2) is 8.95. The van der Waals surface area contributed by atoms with Crippen molar-refractivity contribution >= 4 is 17.2 Å². The van der Waals surface area contributed by atoms with Gasteiger partial charge in [-0.2, -0.15) is 0 Å². The predicted octanol–water partition coefficient (Wildman–Crippen LogP) is 4.25. The van der Waals surface area contributed by atoms with Gasteiger partial charge in [-0.15, -0.1) is 0 Å². The Bertz CT molecular complexity index is 627. The number of hydrogen-bond acceptors (Lipinski definition) is 2. The summed E-state index contributed by atoms with van der Waals surface area (Å²) in [6, 6.07) is 22.0. The van der Waals surface area contributed by atoms with E-state index in [1.807, 2.05) is 6.07 Å². The lowest BCUT2D eigenvalue weighted by Gasteiger charge is -2.34. The summed E-state index contributed by atoms with van der Waals surface area (Å²) in [5, 5.41) is 7.36. The maximum Gasteiger partial charge on any atom is 0.0800 e. The number of benzene rings is 2. The van der Waals surface area contributed by atoms with E-state index in [1.54, 1.807) is 0 Å². The molecule has 2 atom stereocenters. The third kappa shape index (κ3) is 5.15. The van der Waals surface area contributed by atoms with Crippen LogP contribution in [-0.2, 0) is 13.0 Å². The van der Waals surface area contributed by atoms with Crippen LogP contribution < -0.4 is 10.6 Å². The molecule has 0 heterocycles. The molecular formula is C21H26N2S. The van der Waals surface area contributed by atoms with Gasteiger partial charge in [-0.25, -0.2) is 0 Å². The number of thiocarbonyl (C=S) groups is 1. The second-order valence-corrected chi connectivity index (χ2v) is 7.09. The van der Waals surface area contributed by atoms with E-state index in [2.05, 4.69) is 65.2 Å². The summed E-state index contributed by atoms with van der Waals surface area (Å²) < 4.78 is 0. The molecule has 2 nitrogen and oxygen atoms in total. The van der Waals surface area contributed by atoms with Gasteiger partial charge < -0.3 is 10.6 Å². The van der Waals surface area contributed by atoms with Gasteiger partial charge in [0.1, 0.15) is 0 Å². The van der Waals surface area contributed by atoms with E-state index >= 15 is 0 Å². The van der Waals surface area contributed by atoms with Crippen molar-refractivity contribution in [2.45, 2.75) is 50.7 Å². The summed E-state index contributed by atoms with van der Waals surface area (Å²) in [4.78, 5) is 0.958. The molecule has 3 heteroatoms. The van der Waals surface area contributed by atoms with Crippen molar-refractivity contribution in [1.82, 2.24) is 10.6 Å². The Balaban J connectivity index is 1.53. The summed E-state index contributed by atoms with van der Waals surface area (Å²) in [6.07, 6.45) is 5.84. The van der Waals surface area contributed by atoms with Crippen LogP contribution >= 0.6 is 12.2 Å². The summed E-state index contributed by atoms with van der Waals surface area (Å²) in [7, 11) is 0. The van der Waals surface area contributed by atoms with Gasteiger partial charge in [-0.05, 0) is 24.0 Å². The minimum absolute atomic E-state index is 0.443. The average Bonchev–Trinajstić information content (AvgIpc) is 2.63. The lowest BCUT2D eigenvalue weighted by molar-refractivity contribution is 0.307. The van der Waals surface area contributed by atoms with Crippen LogP contribution in [0, 0.1) is 0 Å². The van der Waals surface area contributed by atoms with Crippen molar-refractivity contribution in [3.8, 4) is 0 Å². The van der Waals surface area contributed by atoms with Gasteiger partial charge in [0.2, 0.25) is 0 Å². The van der Waals surface area contributed by atoms with Gasteiger partial charge in [0.05, 0.1) is 4.99 Å².